The number of aromatic nitrogens is 3. The number of thiazole rings is 1. The second-order valence-electron chi connectivity index (χ2n) is 5.57. The molecule has 1 saturated heterocycles. The topological polar surface area (TPSA) is 76.1 Å². The quantitative estimate of drug-likeness (QED) is 0.718. The summed E-state index contributed by atoms with van der Waals surface area (Å²) in [5.74, 6) is 0.00875. The molecule has 4 rings (SSSR count). The molecule has 7 heteroatoms. The van der Waals surface area contributed by atoms with Crippen LogP contribution in [0.15, 0.2) is 36.7 Å². The van der Waals surface area contributed by atoms with Gasteiger partial charge in [0.25, 0.3) is 5.91 Å². The summed E-state index contributed by atoms with van der Waals surface area (Å²) in [6.07, 6.45) is 3.89. The van der Waals surface area contributed by atoms with E-state index in [1.807, 2.05) is 24.3 Å². The van der Waals surface area contributed by atoms with Crippen molar-refractivity contribution in [1.29, 1.82) is 0 Å². The van der Waals surface area contributed by atoms with E-state index in [2.05, 4.69) is 15.0 Å². The van der Waals surface area contributed by atoms with Crippen molar-refractivity contribution in [3.8, 4) is 10.7 Å². The lowest BCUT2D eigenvalue weighted by atomic mass is 10.1. The molecule has 1 fully saturated rings. The van der Waals surface area contributed by atoms with Gasteiger partial charge < -0.3 is 4.90 Å². The monoisotopic (exact) mass is 338 g/mol. The summed E-state index contributed by atoms with van der Waals surface area (Å²) in [6, 6.07) is 7.81. The zero-order valence-electron chi connectivity index (χ0n) is 12.8. The van der Waals surface area contributed by atoms with E-state index in [0.29, 0.717) is 42.3 Å². The molecule has 0 N–H and O–H groups in total. The number of likely N-dealkylation sites (tertiary alicyclic amines) is 1. The number of para-hydroxylation sites is 1. The molecule has 6 nitrogen and oxygen atoms in total. The normalized spacial score (nSPS) is 15.0. The molecular weight excluding hydrogens is 324 g/mol. The minimum Gasteiger partial charge on any atom is -0.336 e. The number of amides is 1. The third-order valence-corrected chi connectivity index (χ3v) is 5.05. The number of carbonyl (C=O) groups excluding carboxylic acids is 2. The SMILES string of the molecule is O=C1CCN(C(=O)c2nccnc2-c2nc3ccccc3s2)CC1. The van der Waals surface area contributed by atoms with Crippen LogP contribution in [0, 0.1) is 0 Å². The fourth-order valence-electron chi connectivity index (χ4n) is 2.73. The summed E-state index contributed by atoms with van der Waals surface area (Å²) >= 11 is 1.49. The fraction of sp³-hybridized carbons (Fsp3) is 0.235. The number of Topliss-reactive ketones (excluding diaryl/α,β-unsaturated/α-hetero) is 1. The standard InChI is InChI=1S/C17H14N4O2S/c22-11-5-9-21(10-6-11)17(23)15-14(18-7-8-19-15)16-20-12-3-1-2-4-13(12)24-16/h1-4,7-8H,5-6,9-10H2. The molecule has 1 amide bonds. The summed E-state index contributed by atoms with van der Waals surface area (Å²) in [4.78, 5) is 39.0. The first kappa shape index (κ1) is 14.9. The molecule has 0 spiro atoms. The zero-order chi connectivity index (χ0) is 16.5. The van der Waals surface area contributed by atoms with Gasteiger partial charge in [0.1, 0.15) is 16.5 Å². The van der Waals surface area contributed by atoms with Crippen LogP contribution < -0.4 is 0 Å². The van der Waals surface area contributed by atoms with Crippen molar-refractivity contribution in [1.82, 2.24) is 19.9 Å². The first-order valence-corrected chi connectivity index (χ1v) is 8.52. The summed E-state index contributed by atoms with van der Waals surface area (Å²) in [7, 11) is 0. The van der Waals surface area contributed by atoms with Gasteiger partial charge >= 0.3 is 0 Å². The number of nitrogens with zero attached hydrogens (tertiary/aromatic N) is 4. The predicted octanol–water partition coefficient (Wildman–Crippen LogP) is 2.56. The maximum atomic E-state index is 12.8. The highest BCUT2D eigenvalue weighted by atomic mass is 32.1. The summed E-state index contributed by atoms with van der Waals surface area (Å²) in [5.41, 5.74) is 1.68. The van der Waals surface area contributed by atoms with Crippen molar-refractivity contribution < 1.29 is 9.59 Å². The van der Waals surface area contributed by atoms with Gasteiger partial charge in [-0.25, -0.2) is 15.0 Å². The Morgan fingerprint density at radius 3 is 2.62 bits per heavy atom. The fourth-order valence-corrected chi connectivity index (χ4v) is 3.70. The second-order valence-corrected chi connectivity index (χ2v) is 6.60. The van der Waals surface area contributed by atoms with Crippen LogP contribution in [0.25, 0.3) is 20.9 Å². The van der Waals surface area contributed by atoms with Gasteiger partial charge in [-0.2, -0.15) is 0 Å². The summed E-state index contributed by atoms with van der Waals surface area (Å²) < 4.78 is 1.04. The van der Waals surface area contributed by atoms with E-state index < -0.39 is 0 Å². The number of hydrogen-bond acceptors (Lipinski definition) is 6. The summed E-state index contributed by atoms with van der Waals surface area (Å²) in [5, 5.41) is 0.681. The Labute approximate surface area is 142 Å². The van der Waals surface area contributed by atoms with E-state index in [1.165, 1.54) is 17.5 Å². The number of ketones is 1. The third-order valence-electron chi connectivity index (χ3n) is 4.01. The number of hydrogen-bond donors (Lipinski definition) is 0. The van der Waals surface area contributed by atoms with E-state index in [4.69, 9.17) is 0 Å². The molecule has 3 aromatic rings. The van der Waals surface area contributed by atoms with Gasteiger partial charge in [0.2, 0.25) is 0 Å². The molecule has 1 aromatic carbocycles. The van der Waals surface area contributed by atoms with Crippen molar-refractivity contribution in [3.63, 3.8) is 0 Å². The first-order chi connectivity index (χ1) is 11.7. The van der Waals surface area contributed by atoms with Crippen LogP contribution in [0.1, 0.15) is 23.3 Å². The number of piperidine rings is 1. The number of fused-ring (bicyclic) bond motifs is 1. The molecule has 0 radical (unpaired) electrons. The van der Waals surface area contributed by atoms with Gasteiger partial charge in [0, 0.05) is 38.3 Å². The highest BCUT2D eigenvalue weighted by Crippen LogP contribution is 2.30. The van der Waals surface area contributed by atoms with Crippen molar-refractivity contribution in [2.24, 2.45) is 0 Å². The van der Waals surface area contributed by atoms with Gasteiger partial charge in [0.05, 0.1) is 10.2 Å². The smallest absolute Gasteiger partial charge is 0.274 e. The Bertz CT molecular complexity index is 894. The summed E-state index contributed by atoms with van der Waals surface area (Å²) in [6.45, 7) is 0.876. The van der Waals surface area contributed by atoms with Crippen LogP contribution in [0.2, 0.25) is 0 Å². The van der Waals surface area contributed by atoms with Crippen LogP contribution in [-0.4, -0.2) is 44.6 Å². The van der Waals surface area contributed by atoms with Crippen molar-refractivity contribution in [2.45, 2.75) is 12.8 Å². The molecule has 0 atom stereocenters. The van der Waals surface area contributed by atoms with Crippen LogP contribution in [-0.2, 0) is 4.79 Å². The number of benzene rings is 1. The van der Waals surface area contributed by atoms with E-state index in [-0.39, 0.29) is 11.7 Å². The molecule has 0 saturated carbocycles. The third kappa shape index (κ3) is 2.67. The molecule has 2 aromatic heterocycles. The first-order valence-electron chi connectivity index (χ1n) is 7.70. The lowest BCUT2D eigenvalue weighted by Gasteiger charge is -2.25. The molecule has 0 aliphatic carbocycles. The maximum absolute atomic E-state index is 12.8. The number of rotatable bonds is 2. The number of carbonyl (C=O) groups is 2. The van der Waals surface area contributed by atoms with Crippen LogP contribution in [0.4, 0.5) is 0 Å². The van der Waals surface area contributed by atoms with Gasteiger partial charge in [-0.3, -0.25) is 9.59 Å². The lowest BCUT2D eigenvalue weighted by Crippen LogP contribution is -2.39. The van der Waals surface area contributed by atoms with Gasteiger partial charge in [-0.1, -0.05) is 12.1 Å². The lowest BCUT2D eigenvalue weighted by molar-refractivity contribution is -0.120. The van der Waals surface area contributed by atoms with Crippen LogP contribution >= 0.6 is 11.3 Å². The Morgan fingerprint density at radius 1 is 1.08 bits per heavy atom. The largest absolute Gasteiger partial charge is 0.336 e. The van der Waals surface area contributed by atoms with Gasteiger partial charge in [-0.05, 0) is 12.1 Å². The molecule has 1 aliphatic rings. The Kier molecular flexibility index (Phi) is 3.78. The van der Waals surface area contributed by atoms with E-state index in [9.17, 15) is 9.59 Å². The molecule has 3 heterocycles. The average molecular weight is 338 g/mol. The Morgan fingerprint density at radius 2 is 1.83 bits per heavy atom. The van der Waals surface area contributed by atoms with Crippen LogP contribution in [0.3, 0.4) is 0 Å². The van der Waals surface area contributed by atoms with Crippen molar-refractivity contribution >= 4 is 33.2 Å². The minimum absolute atomic E-state index is 0.190. The molecule has 0 bridgehead atoms. The van der Waals surface area contributed by atoms with Crippen molar-refractivity contribution in [3.05, 3.63) is 42.4 Å². The molecule has 0 unspecified atom stereocenters. The van der Waals surface area contributed by atoms with Crippen molar-refractivity contribution in [2.75, 3.05) is 13.1 Å². The van der Waals surface area contributed by atoms with E-state index >= 15 is 0 Å². The van der Waals surface area contributed by atoms with E-state index in [0.717, 1.165) is 10.2 Å². The van der Waals surface area contributed by atoms with Gasteiger partial charge in [0.15, 0.2) is 5.69 Å². The molecule has 1 aliphatic heterocycles. The Balaban J connectivity index is 1.72. The molecule has 120 valence electrons. The van der Waals surface area contributed by atoms with Gasteiger partial charge in [-0.15, -0.1) is 11.3 Å². The maximum Gasteiger partial charge on any atom is 0.274 e. The second kappa shape index (κ2) is 6.09. The Hall–Kier alpha value is -2.67. The highest BCUT2D eigenvalue weighted by molar-refractivity contribution is 7.21. The zero-order valence-corrected chi connectivity index (χ0v) is 13.6. The highest BCUT2D eigenvalue weighted by Gasteiger charge is 2.26. The average Bonchev–Trinajstić information content (AvgIpc) is 3.06. The van der Waals surface area contributed by atoms with Crippen LogP contribution in [0.5, 0.6) is 0 Å². The van der Waals surface area contributed by atoms with E-state index in [1.54, 1.807) is 11.1 Å². The molecule has 24 heavy (non-hydrogen) atoms. The minimum atomic E-state index is -0.190. The molecular formula is C17H14N4O2S. The predicted molar refractivity (Wildman–Crippen MR) is 90.8 cm³/mol.